The van der Waals surface area contributed by atoms with Crippen molar-refractivity contribution in [2.75, 3.05) is 0 Å². The third-order valence-electron chi connectivity index (χ3n) is 4.26. The molecule has 2 rings (SSSR count). The molecular weight excluding hydrogens is 239 g/mol. The second-order valence-electron chi connectivity index (χ2n) is 5.80. The molecular formula is C16H25FN2. The molecule has 106 valence electrons. The van der Waals surface area contributed by atoms with Crippen molar-refractivity contribution in [1.29, 1.82) is 0 Å². The van der Waals surface area contributed by atoms with Crippen LogP contribution in [0.3, 0.4) is 0 Å². The van der Waals surface area contributed by atoms with Gasteiger partial charge in [0.2, 0.25) is 5.95 Å². The molecule has 1 fully saturated rings. The van der Waals surface area contributed by atoms with E-state index in [1.807, 2.05) is 6.92 Å². The number of hydrogen-bond donors (Lipinski definition) is 0. The zero-order valence-corrected chi connectivity index (χ0v) is 12.2. The number of aromatic nitrogens is 2. The van der Waals surface area contributed by atoms with E-state index in [1.54, 1.807) is 6.20 Å². The summed E-state index contributed by atoms with van der Waals surface area (Å²) in [5, 5.41) is 0. The van der Waals surface area contributed by atoms with Gasteiger partial charge in [0, 0.05) is 17.7 Å². The Morgan fingerprint density at radius 2 is 1.89 bits per heavy atom. The van der Waals surface area contributed by atoms with E-state index >= 15 is 0 Å². The van der Waals surface area contributed by atoms with Gasteiger partial charge < -0.3 is 0 Å². The van der Waals surface area contributed by atoms with Crippen LogP contribution in [0.1, 0.15) is 76.1 Å². The fraction of sp³-hybridized carbons (Fsp3) is 0.750. The maximum atomic E-state index is 13.8. The maximum Gasteiger partial charge on any atom is 0.219 e. The highest BCUT2D eigenvalue weighted by Gasteiger charge is 2.24. The van der Waals surface area contributed by atoms with Gasteiger partial charge in [0.1, 0.15) is 5.82 Å². The van der Waals surface area contributed by atoms with Crippen LogP contribution in [0.5, 0.6) is 0 Å². The molecule has 0 N–H and O–H groups in total. The Morgan fingerprint density at radius 3 is 2.47 bits per heavy atom. The first kappa shape index (κ1) is 14.4. The molecule has 1 aromatic rings. The van der Waals surface area contributed by atoms with E-state index in [4.69, 9.17) is 0 Å². The van der Waals surface area contributed by atoms with Crippen LogP contribution in [0, 0.1) is 11.9 Å². The van der Waals surface area contributed by atoms with Gasteiger partial charge in [0.05, 0.1) is 0 Å². The Bertz CT molecular complexity index is 398. The van der Waals surface area contributed by atoms with Gasteiger partial charge in [-0.1, -0.05) is 33.1 Å². The minimum Gasteiger partial charge on any atom is -0.241 e. The van der Waals surface area contributed by atoms with Crippen molar-refractivity contribution in [1.82, 2.24) is 9.97 Å². The van der Waals surface area contributed by atoms with Crippen molar-refractivity contribution in [2.45, 2.75) is 71.1 Å². The maximum absolute atomic E-state index is 13.8. The average molecular weight is 264 g/mol. The molecule has 19 heavy (non-hydrogen) atoms. The average Bonchev–Trinajstić information content (AvgIpc) is 2.43. The van der Waals surface area contributed by atoms with Gasteiger partial charge in [-0.15, -0.1) is 0 Å². The van der Waals surface area contributed by atoms with Crippen LogP contribution < -0.4 is 0 Å². The molecule has 1 aliphatic rings. The lowest BCUT2D eigenvalue weighted by Crippen LogP contribution is -2.16. The standard InChI is InChI=1S/C16H25FN2/c1-3-5-12-7-9-13(10-8-12)16-18-11-14(6-4-2)15(17)19-16/h11-13H,3-10H2,1-2H3/t12-,13-. The van der Waals surface area contributed by atoms with Crippen LogP contribution in [0.4, 0.5) is 4.39 Å². The van der Waals surface area contributed by atoms with Crippen molar-refractivity contribution >= 4 is 0 Å². The molecule has 0 saturated heterocycles. The zero-order chi connectivity index (χ0) is 13.7. The molecule has 1 heterocycles. The lowest BCUT2D eigenvalue weighted by molar-refractivity contribution is 0.300. The Morgan fingerprint density at radius 1 is 1.16 bits per heavy atom. The van der Waals surface area contributed by atoms with Gasteiger partial charge in [0.15, 0.2) is 0 Å². The van der Waals surface area contributed by atoms with Crippen molar-refractivity contribution in [3.8, 4) is 0 Å². The Labute approximate surface area is 115 Å². The van der Waals surface area contributed by atoms with Gasteiger partial charge in [-0.05, 0) is 38.0 Å². The molecule has 0 aliphatic heterocycles. The Balaban J connectivity index is 1.97. The summed E-state index contributed by atoms with van der Waals surface area (Å²) in [6.45, 7) is 4.29. The molecule has 3 heteroatoms. The first-order valence-electron chi connectivity index (χ1n) is 7.75. The molecule has 1 aliphatic carbocycles. The third-order valence-corrected chi connectivity index (χ3v) is 4.26. The monoisotopic (exact) mass is 264 g/mol. The zero-order valence-electron chi connectivity index (χ0n) is 12.2. The van der Waals surface area contributed by atoms with E-state index in [-0.39, 0.29) is 5.95 Å². The van der Waals surface area contributed by atoms with Crippen LogP contribution in [0.25, 0.3) is 0 Å². The first-order valence-corrected chi connectivity index (χ1v) is 7.75. The number of hydrogen-bond acceptors (Lipinski definition) is 2. The molecule has 0 aromatic carbocycles. The molecule has 0 unspecified atom stereocenters. The van der Waals surface area contributed by atoms with Crippen LogP contribution in [0.15, 0.2) is 6.20 Å². The second-order valence-corrected chi connectivity index (χ2v) is 5.80. The minimum atomic E-state index is -0.303. The molecule has 1 saturated carbocycles. The van der Waals surface area contributed by atoms with Crippen molar-refractivity contribution in [2.24, 2.45) is 5.92 Å². The lowest BCUT2D eigenvalue weighted by atomic mass is 9.80. The van der Waals surface area contributed by atoms with Crippen LogP contribution in [0.2, 0.25) is 0 Å². The smallest absolute Gasteiger partial charge is 0.219 e. The minimum absolute atomic E-state index is 0.303. The molecule has 1 aromatic heterocycles. The van der Waals surface area contributed by atoms with Gasteiger partial charge in [-0.2, -0.15) is 4.39 Å². The van der Waals surface area contributed by atoms with E-state index in [1.165, 1.54) is 25.7 Å². The number of aryl methyl sites for hydroxylation is 1. The van der Waals surface area contributed by atoms with E-state index in [9.17, 15) is 4.39 Å². The lowest BCUT2D eigenvalue weighted by Gasteiger charge is -2.27. The Kier molecular flexibility index (Phi) is 5.29. The molecule has 2 nitrogen and oxygen atoms in total. The summed E-state index contributed by atoms with van der Waals surface area (Å²) < 4.78 is 13.8. The summed E-state index contributed by atoms with van der Waals surface area (Å²) in [4.78, 5) is 8.51. The van der Waals surface area contributed by atoms with Crippen LogP contribution in [-0.2, 0) is 6.42 Å². The first-order chi connectivity index (χ1) is 9.24. The quantitative estimate of drug-likeness (QED) is 0.724. The van der Waals surface area contributed by atoms with E-state index in [2.05, 4.69) is 16.9 Å². The summed E-state index contributed by atoms with van der Waals surface area (Å²) in [5.74, 6) is 1.67. The van der Waals surface area contributed by atoms with Gasteiger partial charge >= 0.3 is 0 Å². The summed E-state index contributed by atoms with van der Waals surface area (Å²) in [7, 11) is 0. The third kappa shape index (κ3) is 3.74. The largest absolute Gasteiger partial charge is 0.241 e. The normalized spacial score (nSPS) is 23.5. The summed E-state index contributed by atoms with van der Waals surface area (Å²) in [6, 6.07) is 0. The highest BCUT2D eigenvalue weighted by Crippen LogP contribution is 2.36. The fourth-order valence-corrected chi connectivity index (χ4v) is 3.15. The SMILES string of the molecule is CCCc1cnc([C@H]2CC[C@H](CCC)CC2)nc1F. The van der Waals surface area contributed by atoms with Gasteiger partial charge in [-0.3, -0.25) is 0 Å². The molecule has 0 atom stereocenters. The van der Waals surface area contributed by atoms with Crippen molar-refractivity contribution < 1.29 is 4.39 Å². The van der Waals surface area contributed by atoms with Gasteiger partial charge in [0.25, 0.3) is 0 Å². The van der Waals surface area contributed by atoms with E-state index in [0.29, 0.717) is 11.5 Å². The Hall–Kier alpha value is -0.990. The molecule has 0 radical (unpaired) electrons. The predicted molar refractivity (Wildman–Crippen MR) is 75.6 cm³/mol. The van der Waals surface area contributed by atoms with Crippen LogP contribution >= 0.6 is 0 Å². The van der Waals surface area contributed by atoms with E-state index < -0.39 is 0 Å². The summed E-state index contributed by atoms with van der Waals surface area (Å²) in [6.07, 6.45) is 10.7. The fourth-order valence-electron chi connectivity index (χ4n) is 3.15. The van der Waals surface area contributed by atoms with E-state index in [0.717, 1.165) is 37.4 Å². The van der Waals surface area contributed by atoms with Crippen LogP contribution in [-0.4, -0.2) is 9.97 Å². The number of nitrogens with zero attached hydrogens (tertiary/aromatic N) is 2. The van der Waals surface area contributed by atoms with Crippen molar-refractivity contribution in [3.63, 3.8) is 0 Å². The second kappa shape index (κ2) is 6.97. The van der Waals surface area contributed by atoms with Crippen molar-refractivity contribution in [3.05, 3.63) is 23.5 Å². The highest BCUT2D eigenvalue weighted by molar-refractivity contribution is 5.10. The van der Waals surface area contributed by atoms with Gasteiger partial charge in [-0.25, -0.2) is 9.97 Å². The summed E-state index contributed by atoms with van der Waals surface area (Å²) >= 11 is 0. The highest BCUT2D eigenvalue weighted by atomic mass is 19.1. The topological polar surface area (TPSA) is 25.8 Å². The molecule has 0 bridgehead atoms. The summed E-state index contributed by atoms with van der Waals surface area (Å²) in [5.41, 5.74) is 0.658. The predicted octanol–water partition coefficient (Wildman–Crippen LogP) is 4.64. The number of halogens is 1. The molecule has 0 spiro atoms. The number of rotatable bonds is 5. The molecule has 0 amide bonds.